The number of halogens is 1. The van der Waals surface area contributed by atoms with Crippen LogP contribution in [0.15, 0.2) is 34.5 Å². The van der Waals surface area contributed by atoms with Crippen molar-refractivity contribution in [2.24, 2.45) is 21.7 Å². The van der Waals surface area contributed by atoms with Gasteiger partial charge in [-0.25, -0.2) is 0 Å². The fourth-order valence-corrected chi connectivity index (χ4v) is 1.12. The van der Waals surface area contributed by atoms with E-state index in [9.17, 15) is 0 Å². The molecule has 1 aromatic rings. The van der Waals surface area contributed by atoms with Crippen LogP contribution in [0, 0.1) is 0 Å². The van der Waals surface area contributed by atoms with Gasteiger partial charge in [-0.3, -0.25) is 0 Å². The molecule has 0 fully saturated rings. The Hall–Kier alpha value is -1.55. The summed E-state index contributed by atoms with van der Waals surface area (Å²) in [5, 5.41) is 7.84. The minimum atomic E-state index is -0.0552. The van der Waals surface area contributed by atoms with Crippen molar-refractivity contribution in [3.63, 3.8) is 0 Å². The molecule has 14 heavy (non-hydrogen) atoms. The van der Waals surface area contributed by atoms with Crippen LogP contribution in [0.25, 0.3) is 0 Å². The Balaban J connectivity index is 2.58. The molecule has 0 saturated carbocycles. The van der Waals surface area contributed by atoms with Gasteiger partial charge in [-0.15, -0.1) is 5.10 Å². The molecule has 0 aliphatic heterocycles. The molecule has 0 bridgehead atoms. The van der Waals surface area contributed by atoms with Crippen molar-refractivity contribution >= 4 is 23.8 Å². The van der Waals surface area contributed by atoms with Crippen molar-refractivity contribution in [2.75, 3.05) is 0 Å². The third-order valence-corrected chi connectivity index (χ3v) is 1.89. The van der Waals surface area contributed by atoms with Crippen molar-refractivity contribution < 1.29 is 0 Å². The lowest BCUT2D eigenvalue weighted by atomic mass is 10.2. The molecule has 1 aromatic carbocycles. The SMILES string of the molecule is NC(N)=N/N=C/Cc1ccccc1Cl. The van der Waals surface area contributed by atoms with Gasteiger partial charge in [0.05, 0.1) is 0 Å². The molecule has 5 heteroatoms. The predicted molar refractivity (Wildman–Crippen MR) is 59.5 cm³/mol. The van der Waals surface area contributed by atoms with Gasteiger partial charge in [-0.2, -0.15) is 5.10 Å². The molecule has 4 N–H and O–H groups in total. The Labute approximate surface area is 87.3 Å². The molecule has 0 aliphatic carbocycles. The first-order valence-electron chi connectivity index (χ1n) is 4.04. The molecule has 0 heterocycles. The zero-order chi connectivity index (χ0) is 10.4. The van der Waals surface area contributed by atoms with Gasteiger partial charge in [0.25, 0.3) is 0 Å². The first-order valence-corrected chi connectivity index (χ1v) is 4.42. The summed E-state index contributed by atoms with van der Waals surface area (Å²) in [4.78, 5) is 0. The number of benzene rings is 1. The molecule has 0 radical (unpaired) electrons. The van der Waals surface area contributed by atoms with E-state index < -0.39 is 0 Å². The standard InChI is InChI=1S/C9H11ClN4/c10-8-4-2-1-3-7(8)5-6-13-14-9(11)12/h1-4,6H,5H2,(H4,11,12,14)/b13-6+. The summed E-state index contributed by atoms with van der Waals surface area (Å²) < 4.78 is 0. The Morgan fingerprint density at radius 1 is 1.36 bits per heavy atom. The molecule has 0 aliphatic rings. The third kappa shape index (κ3) is 3.45. The fourth-order valence-electron chi connectivity index (χ4n) is 0.911. The molecule has 0 amide bonds. The summed E-state index contributed by atoms with van der Waals surface area (Å²) in [6.45, 7) is 0. The largest absolute Gasteiger partial charge is 0.369 e. The van der Waals surface area contributed by atoms with E-state index >= 15 is 0 Å². The lowest BCUT2D eigenvalue weighted by Crippen LogP contribution is -2.21. The van der Waals surface area contributed by atoms with Crippen LogP contribution in [0.3, 0.4) is 0 Å². The van der Waals surface area contributed by atoms with Crippen molar-refractivity contribution in [2.45, 2.75) is 6.42 Å². The number of guanidine groups is 1. The van der Waals surface area contributed by atoms with Crippen LogP contribution in [0.1, 0.15) is 5.56 Å². The molecule has 0 atom stereocenters. The van der Waals surface area contributed by atoms with Crippen molar-refractivity contribution in [1.29, 1.82) is 0 Å². The van der Waals surface area contributed by atoms with Gasteiger partial charge in [0.15, 0.2) is 0 Å². The predicted octanol–water partition coefficient (Wildman–Crippen LogP) is 1.14. The second-order valence-corrected chi connectivity index (χ2v) is 3.03. The third-order valence-electron chi connectivity index (χ3n) is 1.52. The maximum Gasteiger partial charge on any atom is 0.211 e. The van der Waals surface area contributed by atoms with Gasteiger partial charge >= 0.3 is 0 Å². The first-order chi connectivity index (χ1) is 6.70. The van der Waals surface area contributed by atoms with Crippen molar-refractivity contribution in [3.05, 3.63) is 34.9 Å². The second-order valence-electron chi connectivity index (χ2n) is 2.62. The summed E-state index contributed by atoms with van der Waals surface area (Å²) in [6, 6.07) is 7.53. The highest BCUT2D eigenvalue weighted by atomic mass is 35.5. The van der Waals surface area contributed by atoms with E-state index in [0.29, 0.717) is 11.4 Å². The maximum atomic E-state index is 5.92. The molecular weight excluding hydrogens is 200 g/mol. The monoisotopic (exact) mass is 210 g/mol. The van der Waals surface area contributed by atoms with Gasteiger partial charge < -0.3 is 11.5 Å². The zero-order valence-corrected chi connectivity index (χ0v) is 8.28. The summed E-state index contributed by atoms with van der Waals surface area (Å²) >= 11 is 5.92. The lowest BCUT2D eigenvalue weighted by molar-refractivity contribution is 1.19. The molecule has 0 spiro atoms. The van der Waals surface area contributed by atoms with Crippen molar-refractivity contribution in [3.8, 4) is 0 Å². The number of hydrogen-bond donors (Lipinski definition) is 2. The van der Waals surface area contributed by atoms with Gasteiger partial charge in [0.2, 0.25) is 5.96 Å². The Morgan fingerprint density at radius 3 is 2.71 bits per heavy atom. The summed E-state index contributed by atoms with van der Waals surface area (Å²) in [5.41, 5.74) is 11.2. The molecule has 0 saturated heterocycles. The van der Waals surface area contributed by atoms with Crippen LogP contribution >= 0.6 is 11.6 Å². The summed E-state index contributed by atoms with van der Waals surface area (Å²) in [6.07, 6.45) is 2.21. The lowest BCUT2D eigenvalue weighted by Gasteiger charge is -1.97. The van der Waals surface area contributed by atoms with Gasteiger partial charge in [0.1, 0.15) is 0 Å². The highest BCUT2D eigenvalue weighted by Gasteiger charge is 1.94. The molecule has 0 aromatic heterocycles. The van der Waals surface area contributed by atoms with E-state index in [1.165, 1.54) is 0 Å². The van der Waals surface area contributed by atoms with E-state index in [1.54, 1.807) is 6.21 Å². The number of nitrogens with zero attached hydrogens (tertiary/aromatic N) is 2. The quantitative estimate of drug-likeness (QED) is 0.446. The summed E-state index contributed by atoms with van der Waals surface area (Å²) in [7, 11) is 0. The minimum Gasteiger partial charge on any atom is -0.369 e. The topological polar surface area (TPSA) is 76.8 Å². The highest BCUT2D eigenvalue weighted by Crippen LogP contribution is 2.14. The summed E-state index contributed by atoms with van der Waals surface area (Å²) in [5.74, 6) is -0.0552. The van der Waals surface area contributed by atoms with E-state index in [4.69, 9.17) is 23.1 Å². The van der Waals surface area contributed by atoms with Gasteiger partial charge in [0, 0.05) is 17.7 Å². The van der Waals surface area contributed by atoms with Gasteiger partial charge in [-0.1, -0.05) is 29.8 Å². The first kappa shape index (κ1) is 10.5. The Morgan fingerprint density at radius 2 is 2.07 bits per heavy atom. The number of hydrogen-bond acceptors (Lipinski definition) is 2. The Kier molecular flexibility index (Phi) is 3.94. The average Bonchev–Trinajstić information content (AvgIpc) is 2.15. The van der Waals surface area contributed by atoms with E-state index in [-0.39, 0.29) is 5.96 Å². The highest BCUT2D eigenvalue weighted by molar-refractivity contribution is 6.31. The number of rotatable bonds is 3. The van der Waals surface area contributed by atoms with Crippen LogP contribution in [-0.2, 0) is 6.42 Å². The molecule has 4 nitrogen and oxygen atoms in total. The van der Waals surface area contributed by atoms with Crippen LogP contribution in [0.5, 0.6) is 0 Å². The minimum absolute atomic E-state index is 0.0552. The molecule has 1 rings (SSSR count). The Bertz CT molecular complexity index is 356. The van der Waals surface area contributed by atoms with Crippen LogP contribution in [0.2, 0.25) is 5.02 Å². The fraction of sp³-hybridized carbons (Fsp3) is 0.111. The van der Waals surface area contributed by atoms with E-state index in [2.05, 4.69) is 10.2 Å². The van der Waals surface area contributed by atoms with Crippen LogP contribution < -0.4 is 11.5 Å². The maximum absolute atomic E-state index is 5.92. The normalized spacial score (nSPS) is 10.4. The average molecular weight is 211 g/mol. The molecular formula is C9H11ClN4. The van der Waals surface area contributed by atoms with E-state index in [1.807, 2.05) is 24.3 Å². The molecule has 0 unspecified atom stereocenters. The van der Waals surface area contributed by atoms with Crippen LogP contribution in [-0.4, -0.2) is 12.2 Å². The number of nitrogens with two attached hydrogens (primary N) is 2. The van der Waals surface area contributed by atoms with Crippen molar-refractivity contribution in [1.82, 2.24) is 0 Å². The second kappa shape index (κ2) is 5.24. The van der Waals surface area contributed by atoms with Gasteiger partial charge in [-0.05, 0) is 11.6 Å². The van der Waals surface area contributed by atoms with Crippen LogP contribution in [0.4, 0.5) is 0 Å². The smallest absolute Gasteiger partial charge is 0.211 e. The zero-order valence-electron chi connectivity index (χ0n) is 7.52. The van der Waals surface area contributed by atoms with E-state index in [0.717, 1.165) is 5.56 Å². The molecule has 74 valence electrons.